The van der Waals surface area contributed by atoms with Crippen LogP contribution < -0.4 is 4.57 Å². The maximum Gasteiger partial charge on any atom is 0.335 e. The van der Waals surface area contributed by atoms with E-state index in [1.807, 2.05) is 12.1 Å². The summed E-state index contributed by atoms with van der Waals surface area (Å²) in [5, 5.41) is 9.02. The third-order valence-electron chi connectivity index (χ3n) is 5.27. The molecule has 0 unspecified atom stereocenters. The monoisotopic (exact) mass is 371 g/mol. The van der Waals surface area contributed by atoms with Gasteiger partial charge in [-0.05, 0) is 24.1 Å². The zero-order chi connectivity index (χ0) is 19.5. The Hall–Kier alpha value is -2.10. The highest BCUT2D eigenvalue weighted by Gasteiger charge is 2.14. The summed E-state index contributed by atoms with van der Waals surface area (Å²) in [6, 6.07) is 7.18. The van der Waals surface area contributed by atoms with Crippen molar-refractivity contribution in [3.05, 3.63) is 53.6 Å². The Morgan fingerprint density at radius 2 is 1.56 bits per heavy atom. The molecule has 0 atom stereocenters. The van der Waals surface area contributed by atoms with Crippen LogP contribution in [0, 0.1) is 0 Å². The summed E-state index contributed by atoms with van der Waals surface area (Å²) in [5.74, 6) is 0.459. The lowest BCUT2D eigenvalue weighted by molar-refractivity contribution is -0.678. The number of unbranched alkanes of at least 4 members (excludes halogenated alkanes) is 8. The molecule has 27 heavy (non-hydrogen) atoms. The number of benzene rings is 1. The summed E-state index contributed by atoms with van der Waals surface area (Å²) >= 11 is 0. The molecule has 1 aromatic carbocycles. The van der Waals surface area contributed by atoms with Gasteiger partial charge in [0.2, 0.25) is 0 Å². The predicted octanol–water partition coefficient (Wildman–Crippen LogP) is 5.13. The van der Waals surface area contributed by atoms with Crippen LogP contribution in [0.1, 0.15) is 86.5 Å². The molecule has 0 saturated carbocycles. The van der Waals surface area contributed by atoms with Crippen molar-refractivity contribution < 1.29 is 14.5 Å². The number of imidazole rings is 1. The SMILES string of the molecule is CCCCCCCCCCCc1n(Cc2ccc(C(=O)O)cc2)cc[n+]1C. The molecule has 4 heteroatoms. The van der Waals surface area contributed by atoms with Crippen molar-refractivity contribution in [2.75, 3.05) is 0 Å². The number of hydrogen-bond acceptors (Lipinski definition) is 1. The lowest BCUT2D eigenvalue weighted by Crippen LogP contribution is -2.32. The first-order valence-electron chi connectivity index (χ1n) is 10.5. The van der Waals surface area contributed by atoms with Crippen LogP contribution in [-0.4, -0.2) is 15.6 Å². The van der Waals surface area contributed by atoms with Crippen LogP contribution in [-0.2, 0) is 20.0 Å². The molecule has 1 N–H and O–H groups in total. The fourth-order valence-corrected chi connectivity index (χ4v) is 3.56. The van der Waals surface area contributed by atoms with Crippen LogP contribution in [0.4, 0.5) is 0 Å². The van der Waals surface area contributed by atoms with Gasteiger partial charge in [-0.2, -0.15) is 0 Å². The second kappa shape index (κ2) is 11.6. The van der Waals surface area contributed by atoms with Crippen molar-refractivity contribution in [3.63, 3.8) is 0 Å². The van der Waals surface area contributed by atoms with Gasteiger partial charge in [0, 0.05) is 6.42 Å². The van der Waals surface area contributed by atoms with E-state index in [0.29, 0.717) is 5.56 Å². The Kier molecular flexibility index (Phi) is 9.09. The first-order chi connectivity index (χ1) is 13.1. The highest BCUT2D eigenvalue weighted by molar-refractivity contribution is 5.87. The largest absolute Gasteiger partial charge is 0.478 e. The predicted molar refractivity (Wildman–Crippen MR) is 109 cm³/mol. The van der Waals surface area contributed by atoms with Gasteiger partial charge in [0.15, 0.2) is 0 Å². The maximum atomic E-state index is 11.0. The Morgan fingerprint density at radius 3 is 2.15 bits per heavy atom. The van der Waals surface area contributed by atoms with Crippen LogP contribution in [0.25, 0.3) is 0 Å². The molecular formula is C23H35N2O2+. The first kappa shape index (κ1) is 21.2. The van der Waals surface area contributed by atoms with E-state index in [-0.39, 0.29) is 0 Å². The van der Waals surface area contributed by atoms with Crippen molar-refractivity contribution in [2.24, 2.45) is 7.05 Å². The van der Waals surface area contributed by atoms with Crippen LogP contribution >= 0.6 is 0 Å². The summed E-state index contributed by atoms with van der Waals surface area (Å²) in [4.78, 5) is 11.0. The van der Waals surface area contributed by atoms with E-state index in [9.17, 15) is 4.79 Å². The van der Waals surface area contributed by atoms with Crippen molar-refractivity contribution in [1.82, 2.24) is 4.57 Å². The fourth-order valence-electron chi connectivity index (χ4n) is 3.56. The van der Waals surface area contributed by atoms with Gasteiger partial charge < -0.3 is 5.11 Å². The van der Waals surface area contributed by atoms with Crippen LogP contribution in [0.15, 0.2) is 36.7 Å². The minimum absolute atomic E-state index is 0.340. The third kappa shape index (κ3) is 7.20. The zero-order valence-corrected chi connectivity index (χ0v) is 17.0. The molecule has 0 aliphatic carbocycles. The summed E-state index contributed by atoms with van der Waals surface area (Å²) in [7, 11) is 2.10. The minimum atomic E-state index is -0.875. The fraction of sp³-hybridized carbons (Fsp3) is 0.565. The molecule has 1 aromatic heterocycles. The average molecular weight is 372 g/mol. The summed E-state index contributed by atoms with van der Waals surface area (Å²) in [6.07, 6.45) is 17.4. The lowest BCUT2D eigenvalue weighted by Gasteiger charge is -2.05. The van der Waals surface area contributed by atoms with Gasteiger partial charge in [-0.15, -0.1) is 0 Å². The highest BCUT2D eigenvalue weighted by atomic mass is 16.4. The zero-order valence-electron chi connectivity index (χ0n) is 17.0. The Morgan fingerprint density at radius 1 is 0.963 bits per heavy atom. The molecular weight excluding hydrogens is 336 g/mol. The number of aryl methyl sites for hydroxylation is 1. The Balaban J connectivity index is 1.76. The molecule has 1 heterocycles. The highest BCUT2D eigenvalue weighted by Crippen LogP contribution is 2.12. The van der Waals surface area contributed by atoms with Crippen LogP contribution in [0.5, 0.6) is 0 Å². The number of nitrogens with zero attached hydrogens (tertiary/aromatic N) is 2. The van der Waals surface area contributed by atoms with Gasteiger partial charge in [-0.3, -0.25) is 0 Å². The van der Waals surface area contributed by atoms with E-state index in [1.54, 1.807) is 12.1 Å². The molecule has 148 valence electrons. The molecule has 0 bridgehead atoms. The van der Waals surface area contributed by atoms with E-state index in [0.717, 1.165) is 18.5 Å². The van der Waals surface area contributed by atoms with Crippen molar-refractivity contribution in [2.45, 2.75) is 77.7 Å². The van der Waals surface area contributed by atoms with Gasteiger partial charge in [0.1, 0.15) is 18.9 Å². The minimum Gasteiger partial charge on any atom is -0.478 e. The lowest BCUT2D eigenvalue weighted by atomic mass is 10.1. The standard InChI is InChI=1S/C23H34N2O2/c1-3-4-5-6-7-8-9-10-11-12-22-24(2)17-18-25(22)19-20-13-15-21(16-14-20)23(26)27/h13-18H,3-12,19H2,1-2H3/p+1. The first-order valence-corrected chi connectivity index (χ1v) is 10.5. The molecule has 0 fully saturated rings. The van der Waals surface area contributed by atoms with Crippen molar-refractivity contribution in [3.8, 4) is 0 Å². The smallest absolute Gasteiger partial charge is 0.335 e. The van der Waals surface area contributed by atoms with E-state index in [2.05, 4.69) is 35.5 Å². The van der Waals surface area contributed by atoms with Gasteiger partial charge in [0.25, 0.3) is 5.82 Å². The number of carboxylic acids is 1. The summed E-state index contributed by atoms with van der Waals surface area (Å²) in [6.45, 7) is 3.05. The second-order valence-electron chi connectivity index (χ2n) is 7.53. The summed E-state index contributed by atoms with van der Waals surface area (Å²) < 4.78 is 4.48. The number of carbonyl (C=O) groups is 1. The molecule has 0 radical (unpaired) electrons. The number of carboxylic acid groups (broad SMARTS) is 1. The van der Waals surface area contributed by atoms with Gasteiger partial charge in [-0.1, -0.05) is 70.4 Å². The average Bonchev–Trinajstić information content (AvgIpc) is 3.00. The molecule has 0 spiro atoms. The quantitative estimate of drug-likeness (QED) is 0.392. The topological polar surface area (TPSA) is 46.1 Å². The summed E-state index contributed by atoms with van der Waals surface area (Å²) in [5.41, 5.74) is 1.47. The van der Waals surface area contributed by atoms with Crippen molar-refractivity contribution >= 4 is 5.97 Å². The van der Waals surface area contributed by atoms with Gasteiger partial charge in [-0.25, -0.2) is 13.9 Å². The Labute approximate surface area is 163 Å². The number of aromatic nitrogens is 2. The molecule has 0 aliphatic rings. The molecule has 2 rings (SSSR count). The molecule has 2 aromatic rings. The van der Waals surface area contributed by atoms with Crippen LogP contribution in [0.2, 0.25) is 0 Å². The van der Waals surface area contributed by atoms with Crippen LogP contribution in [0.3, 0.4) is 0 Å². The van der Waals surface area contributed by atoms with Gasteiger partial charge >= 0.3 is 5.97 Å². The molecule has 0 amide bonds. The maximum absolute atomic E-state index is 11.0. The van der Waals surface area contributed by atoms with E-state index in [4.69, 9.17) is 5.11 Å². The molecule has 0 aliphatic heterocycles. The number of hydrogen-bond donors (Lipinski definition) is 1. The van der Waals surface area contributed by atoms with E-state index < -0.39 is 5.97 Å². The van der Waals surface area contributed by atoms with E-state index >= 15 is 0 Å². The van der Waals surface area contributed by atoms with Gasteiger partial charge in [0.05, 0.1) is 12.6 Å². The van der Waals surface area contributed by atoms with E-state index in [1.165, 1.54) is 63.6 Å². The number of aromatic carboxylic acids is 1. The normalized spacial score (nSPS) is 11.0. The molecule has 0 saturated heterocycles. The molecule has 4 nitrogen and oxygen atoms in total. The third-order valence-corrected chi connectivity index (χ3v) is 5.27. The second-order valence-corrected chi connectivity index (χ2v) is 7.53. The number of rotatable bonds is 13. The Bertz CT molecular complexity index is 689. The van der Waals surface area contributed by atoms with Crippen molar-refractivity contribution in [1.29, 1.82) is 0 Å².